The van der Waals surface area contributed by atoms with Crippen LogP contribution in [0, 0.1) is 0 Å². The Hall–Kier alpha value is -7.10. The van der Waals surface area contributed by atoms with Crippen LogP contribution in [-0.2, 0) is 34.1 Å². The zero-order valence-corrected chi connectivity index (χ0v) is 29.4. The maximum Gasteiger partial charge on any atom is 0.411 e. The molecule has 0 unspecified atom stereocenters. The molecule has 0 aromatic heterocycles. The zero-order chi connectivity index (χ0) is 41.6. The van der Waals surface area contributed by atoms with E-state index in [0.29, 0.717) is 46.9 Å². The lowest BCUT2D eigenvalue weighted by Crippen LogP contribution is -2.54. The van der Waals surface area contributed by atoms with Gasteiger partial charge in [-0.15, -0.1) is 0 Å². The van der Waals surface area contributed by atoms with Gasteiger partial charge in [0.05, 0.1) is 0 Å². The van der Waals surface area contributed by atoms with Gasteiger partial charge in [0.15, 0.2) is 0 Å². The van der Waals surface area contributed by atoms with Crippen LogP contribution in [0.3, 0.4) is 0 Å². The summed E-state index contributed by atoms with van der Waals surface area (Å²) in [6.07, 6.45) is -5.27. The first-order chi connectivity index (χ1) is 27.0. The van der Waals surface area contributed by atoms with Crippen LogP contribution in [0.1, 0.15) is 22.3 Å². The number of hydrogen-bond acceptors (Lipinski definition) is 10. The number of ether oxygens (including phenoxy) is 6. The second-order valence-electron chi connectivity index (χ2n) is 11.3. The molecule has 4 aromatic rings. The van der Waals surface area contributed by atoms with Crippen LogP contribution in [0.4, 0.5) is 26.3 Å². The second-order valence-corrected chi connectivity index (χ2v) is 11.3. The van der Waals surface area contributed by atoms with Gasteiger partial charge in [0.2, 0.25) is 19.0 Å². The average molecular weight is 797 g/mol. The minimum absolute atomic E-state index is 0.337. The monoisotopic (exact) mass is 796 g/mol. The standard InChI is InChI=1S/C41H30F6O10/c1-3-35(48)54-25-52-31-15-5-27(6-16-31)9-23-37(50)56-33-19-11-29(12-20-33)39(40(42,43)44,41(45,46)47)30-13-21-34(22-14-30)57-38(51)24-10-28-7-17-32(18-8-28)53-26-55-36(49)4-2/h3-24H,1-2,25-26H2. The van der Waals surface area contributed by atoms with E-state index in [4.69, 9.17) is 28.4 Å². The Morgan fingerprint density at radius 2 is 0.789 bits per heavy atom. The maximum atomic E-state index is 14.7. The molecule has 10 nitrogen and oxygen atoms in total. The number of halogens is 6. The van der Waals surface area contributed by atoms with Crippen molar-refractivity contribution in [3.8, 4) is 23.0 Å². The van der Waals surface area contributed by atoms with Crippen LogP contribution in [0.5, 0.6) is 23.0 Å². The van der Waals surface area contributed by atoms with Crippen molar-refractivity contribution in [1.82, 2.24) is 0 Å². The van der Waals surface area contributed by atoms with E-state index in [2.05, 4.69) is 13.2 Å². The molecule has 0 saturated carbocycles. The molecule has 0 atom stereocenters. The molecule has 0 N–H and O–H groups in total. The predicted molar refractivity (Wildman–Crippen MR) is 192 cm³/mol. The Kier molecular flexibility index (Phi) is 14.2. The van der Waals surface area contributed by atoms with E-state index in [-0.39, 0.29) is 25.1 Å². The number of carbonyl (C=O) groups excluding carboxylic acids is 4. The fourth-order valence-electron chi connectivity index (χ4n) is 4.94. The number of alkyl halides is 6. The van der Waals surface area contributed by atoms with Gasteiger partial charge in [-0.2, -0.15) is 26.3 Å². The van der Waals surface area contributed by atoms with Crippen molar-refractivity contribution in [2.75, 3.05) is 13.6 Å². The lowest BCUT2D eigenvalue weighted by molar-refractivity contribution is -0.288. The molecule has 4 rings (SSSR count). The van der Waals surface area contributed by atoms with E-state index in [9.17, 15) is 45.5 Å². The number of benzene rings is 4. The Morgan fingerprint density at radius 3 is 1.09 bits per heavy atom. The van der Waals surface area contributed by atoms with Crippen LogP contribution >= 0.6 is 0 Å². The Morgan fingerprint density at radius 1 is 0.474 bits per heavy atom. The molecule has 0 bridgehead atoms. The summed E-state index contributed by atoms with van der Waals surface area (Å²) in [7, 11) is 0. The summed E-state index contributed by atoms with van der Waals surface area (Å²) >= 11 is 0. The van der Waals surface area contributed by atoms with Gasteiger partial charge >= 0.3 is 36.2 Å². The van der Waals surface area contributed by atoms with Crippen molar-refractivity contribution >= 4 is 36.0 Å². The summed E-state index contributed by atoms with van der Waals surface area (Å²) in [6, 6.07) is 17.6. The van der Waals surface area contributed by atoms with Gasteiger partial charge in [0.1, 0.15) is 23.0 Å². The van der Waals surface area contributed by atoms with Crippen molar-refractivity contribution in [3.63, 3.8) is 0 Å². The molecular formula is C41H30F6O10. The van der Waals surface area contributed by atoms with E-state index in [1.54, 1.807) is 24.3 Å². The van der Waals surface area contributed by atoms with Gasteiger partial charge in [-0.3, -0.25) is 0 Å². The molecule has 296 valence electrons. The number of carbonyl (C=O) groups is 4. The first-order valence-corrected chi connectivity index (χ1v) is 16.2. The number of esters is 4. The highest BCUT2D eigenvalue weighted by atomic mass is 19.4. The predicted octanol–water partition coefficient (Wildman–Crippen LogP) is 8.47. The third-order valence-electron chi connectivity index (χ3n) is 7.63. The van der Waals surface area contributed by atoms with Gasteiger partial charge in [0, 0.05) is 24.3 Å². The molecule has 0 heterocycles. The fourth-order valence-corrected chi connectivity index (χ4v) is 4.94. The smallest absolute Gasteiger partial charge is 0.411 e. The quantitative estimate of drug-likeness (QED) is 0.0359. The van der Waals surface area contributed by atoms with Crippen molar-refractivity contribution in [2.45, 2.75) is 17.8 Å². The molecule has 4 aromatic carbocycles. The van der Waals surface area contributed by atoms with E-state index >= 15 is 0 Å². The molecule has 0 radical (unpaired) electrons. The highest BCUT2D eigenvalue weighted by Crippen LogP contribution is 2.56. The zero-order valence-electron chi connectivity index (χ0n) is 29.4. The second kappa shape index (κ2) is 19.0. The molecule has 0 spiro atoms. The highest BCUT2D eigenvalue weighted by molar-refractivity contribution is 5.89. The van der Waals surface area contributed by atoms with E-state index in [1.807, 2.05) is 0 Å². The molecule has 57 heavy (non-hydrogen) atoms. The summed E-state index contributed by atoms with van der Waals surface area (Å²) < 4.78 is 118. The fraction of sp³-hybridized carbons (Fsp3) is 0.122. The van der Waals surface area contributed by atoms with Crippen LogP contribution in [0.25, 0.3) is 12.2 Å². The lowest BCUT2D eigenvalue weighted by atomic mass is 9.73. The first kappa shape index (κ1) is 42.6. The molecule has 0 amide bonds. The summed E-state index contributed by atoms with van der Waals surface area (Å²) in [6.45, 7) is 5.77. The third-order valence-corrected chi connectivity index (χ3v) is 7.63. The molecule has 16 heteroatoms. The summed E-state index contributed by atoms with van der Waals surface area (Å²) in [5, 5.41) is 0. The highest BCUT2D eigenvalue weighted by Gasteiger charge is 2.72. The topological polar surface area (TPSA) is 124 Å². The molecule has 0 saturated heterocycles. The van der Waals surface area contributed by atoms with Crippen molar-refractivity contribution in [2.24, 2.45) is 0 Å². The lowest BCUT2D eigenvalue weighted by Gasteiger charge is -2.38. The average Bonchev–Trinajstić information content (AvgIpc) is 3.17. The van der Waals surface area contributed by atoms with Gasteiger partial charge < -0.3 is 28.4 Å². The minimum atomic E-state index is -5.92. The summed E-state index contributed by atoms with van der Waals surface area (Å²) in [5.74, 6) is -3.32. The van der Waals surface area contributed by atoms with Crippen molar-refractivity contribution in [3.05, 3.63) is 157 Å². The molecular weight excluding hydrogens is 766 g/mol. The van der Waals surface area contributed by atoms with Gasteiger partial charge in [0.25, 0.3) is 0 Å². The first-order valence-electron chi connectivity index (χ1n) is 16.2. The van der Waals surface area contributed by atoms with Gasteiger partial charge in [-0.1, -0.05) is 61.7 Å². The van der Waals surface area contributed by atoms with E-state index in [0.717, 1.165) is 48.6 Å². The number of hydrogen-bond donors (Lipinski definition) is 0. The van der Waals surface area contributed by atoms with Gasteiger partial charge in [-0.25, -0.2) is 19.2 Å². The molecule has 0 fully saturated rings. The number of rotatable bonds is 16. The van der Waals surface area contributed by atoms with Crippen LogP contribution in [0.15, 0.2) is 135 Å². The molecule has 0 aliphatic heterocycles. The Balaban J connectivity index is 1.43. The SMILES string of the molecule is C=CC(=O)OCOc1ccc(C=CC(=O)Oc2ccc(C(c3ccc(OC(=O)C=Cc4ccc(OCOC(=O)C=C)cc4)cc3)(C(F)(F)F)C(F)(F)F)cc2)cc1. The third kappa shape index (κ3) is 11.5. The van der Waals surface area contributed by atoms with Crippen LogP contribution in [0.2, 0.25) is 0 Å². The largest absolute Gasteiger partial charge is 0.457 e. The summed E-state index contributed by atoms with van der Waals surface area (Å²) in [5.41, 5.74) is -5.98. The van der Waals surface area contributed by atoms with Crippen molar-refractivity contribution in [1.29, 1.82) is 0 Å². The van der Waals surface area contributed by atoms with Crippen molar-refractivity contribution < 1.29 is 73.9 Å². The molecule has 0 aliphatic carbocycles. The van der Waals surface area contributed by atoms with E-state index < -0.39 is 52.8 Å². The Labute approximate surface area is 320 Å². The normalized spacial score (nSPS) is 11.8. The van der Waals surface area contributed by atoms with Crippen LogP contribution < -0.4 is 18.9 Å². The van der Waals surface area contributed by atoms with E-state index in [1.165, 1.54) is 36.4 Å². The van der Waals surface area contributed by atoms with Gasteiger partial charge in [-0.05, 0) is 82.9 Å². The van der Waals surface area contributed by atoms with Crippen LogP contribution in [-0.4, -0.2) is 49.8 Å². The summed E-state index contributed by atoms with van der Waals surface area (Å²) in [4.78, 5) is 46.9. The Bertz CT molecular complexity index is 1950. The molecule has 0 aliphatic rings. The maximum absolute atomic E-state index is 14.7. The minimum Gasteiger partial charge on any atom is -0.457 e.